The monoisotopic (exact) mass is 534 g/mol. The fourth-order valence-corrected chi connectivity index (χ4v) is 6.28. The lowest BCUT2D eigenvalue weighted by Gasteiger charge is -2.32. The van der Waals surface area contributed by atoms with Crippen molar-refractivity contribution in [1.82, 2.24) is 24.8 Å². The molecule has 0 unspecified atom stereocenters. The van der Waals surface area contributed by atoms with E-state index < -0.39 is 21.4 Å². The minimum Gasteiger partial charge on any atom is -0.351 e. The van der Waals surface area contributed by atoms with Crippen molar-refractivity contribution in [2.24, 2.45) is 0 Å². The average molecular weight is 535 g/mol. The van der Waals surface area contributed by atoms with Crippen LogP contribution in [0.15, 0.2) is 59.9 Å². The van der Waals surface area contributed by atoms with Crippen molar-refractivity contribution < 1.29 is 12.8 Å². The van der Waals surface area contributed by atoms with Gasteiger partial charge >= 0.3 is 0 Å². The topological polar surface area (TPSA) is 101 Å². The van der Waals surface area contributed by atoms with Crippen LogP contribution in [0.1, 0.15) is 36.8 Å². The number of sulfone groups is 1. The van der Waals surface area contributed by atoms with Crippen LogP contribution in [-0.2, 0) is 15.6 Å². The van der Waals surface area contributed by atoms with Crippen LogP contribution in [0.5, 0.6) is 0 Å². The van der Waals surface area contributed by atoms with Gasteiger partial charge in [-0.3, -0.25) is 4.98 Å². The summed E-state index contributed by atoms with van der Waals surface area (Å²) in [6.45, 7) is 1.94. The van der Waals surface area contributed by atoms with Crippen LogP contribution < -0.4 is 5.32 Å². The molecule has 1 aromatic carbocycles. The number of anilines is 1. The number of fused-ring (bicyclic) bond motifs is 1. The molecule has 5 rings (SSSR count). The molecular weight excluding hydrogens is 503 g/mol. The minimum atomic E-state index is -3.71. The molecule has 10 heteroatoms. The van der Waals surface area contributed by atoms with Gasteiger partial charge in [0.15, 0.2) is 9.84 Å². The van der Waals surface area contributed by atoms with E-state index in [2.05, 4.69) is 39.3 Å². The maximum absolute atomic E-state index is 15.0. The van der Waals surface area contributed by atoms with Crippen molar-refractivity contribution in [2.75, 3.05) is 19.4 Å². The molecule has 3 heterocycles. The summed E-state index contributed by atoms with van der Waals surface area (Å²) >= 11 is 0. The quantitative estimate of drug-likeness (QED) is 0.361. The highest BCUT2D eigenvalue weighted by Crippen LogP contribution is 2.28. The number of nitrogens with zero attached hydrogens (tertiary/aromatic N) is 5. The van der Waals surface area contributed by atoms with Crippen LogP contribution in [0.25, 0.3) is 22.3 Å². The summed E-state index contributed by atoms with van der Waals surface area (Å²) in [5, 5.41) is 3.48. The summed E-state index contributed by atoms with van der Waals surface area (Å²) in [6.07, 6.45) is 8.89. The first-order valence-electron chi connectivity index (χ1n) is 12.7. The first-order chi connectivity index (χ1) is 18.2. The summed E-state index contributed by atoms with van der Waals surface area (Å²) in [4.78, 5) is 20.1. The van der Waals surface area contributed by atoms with Gasteiger partial charge in [0.1, 0.15) is 11.3 Å². The number of benzene rings is 1. The molecule has 1 N–H and O–H groups in total. The van der Waals surface area contributed by atoms with Gasteiger partial charge in [-0.05, 0) is 76.5 Å². The first-order valence-corrected chi connectivity index (χ1v) is 14.3. The number of aryl methyl sites for hydroxylation is 1. The van der Waals surface area contributed by atoms with E-state index in [1.54, 1.807) is 18.3 Å². The minimum absolute atomic E-state index is 0.0606. The summed E-state index contributed by atoms with van der Waals surface area (Å²) in [6, 6.07) is 10.3. The standard InChI is InChI=1S/C28H31FN6O2S/c1-18-13-25(19-6-7-20(24(29)14-19)17-38(36,37)23-5-4-12-30-15-23)33-26-16-31-28(34-27(18)26)32-21-8-10-22(11-9-21)35(2)3/h4-7,12-16,21-22H,8-11,17H2,1-3H3,(H,31,32,34). The van der Waals surface area contributed by atoms with Crippen molar-refractivity contribution in [2.45, 2.75) is 55.3 Å². The third kappa shape index (κ3) is 5.66. The molecule has 0 saturated heterocycles. The van der Waals surface area contributed by atoms with Crippen molar-refractivity contribution >= 4 is 26.8 Å². The van der Waals surface area contributed by atoms with Gasteiger partial charge in [-0.1, -0.05) is 12.1 Å². The Morgan fingerprint density at radius 1 is 1.05 bits per heavy atom. The molecule has 1 aliphatic carbocycles. The Hall–Kier alpha value is -3.50. The zero-order valence-corrected chi connectivity index (χ0v) is 22.5. The van der Waals surface area contributed by atoms with Crippen LogP contribution in [0.4, 0.5) is 10.3 Å². The van der Waals surface area contributed by atoms with Gasteiger partial charge in [0.2, 0.25) is 5.95 Å². The van der Waals surface area contributed by atoms with E-state index >= 15 is 0 Å². The molecule has 0 atom stereocenters. The normalized spacial score (nSPS) is 18.1. The lowest BCUT2D eigenvalue weighted by atomic mass is 9.91. The maximum Gasteiger partial charge on any atom is 0.223 e. The van der Waals surface area contributed by atoms with Gasteiger partial charge in [-0.25, -0.2) is 27.8 Å². The van der Waals surface area contributed by atoms with Gasteiger partial charge in [-0.15, -0.1) is 0 Å². The van der Waals surface area contributed by atoms with E-state index in [1.165, 1.54) is 30.6 Å². The maximum atomic E-state index is 15.0. The van der Waals surface area contributed by atoms with Gasteiger partial charge < -0.3 is 10.2 Å². The number of aromatic nitrogens is 4. The largest absolute Gasteiger partial charge is 0.351 e. The highest BCUT2D eigenvalue weighted by molar-refractivity contribution is 7.90. The molecule has 0 radical (unpaired) electrons. The van der Waals surface area contributed by atoms with Crippen LogP contribution in [0, 0.1) is 12.7 Å². The van der Waals surface area contributed by atoms with E-state index in [9.17, 15) is 12.8 Å². The second-order valence-corrected chi connectivity index (χ2v) is 12.1. The molecule has 38 heavy (non-hydrogen) atoms. The number of nitrogens with one attached hydrogen (secondary N) is 1. The molecule has 1 saturated carbocycles. The van der Waals surface area contributed by atoms with Gasteiger partial charge in [0, 0.05) is 35.6 Å². The highest BCUT2D eigenvalue weighted by Gasteiger charge is 2.23. The summed E-state index contributed by atoms with van der Waals surface area (Å²) in [5.41, 5.74) is 3.47. The number of rotatable bonds is 7. The van der Waals surface area contributed by atoms with Crippen LogP contribution in [0.3, 0.4) is 0 Å². The van der Waals surface area contributed by atoms with E-state index in [4.69, 9.17) is 4.98 Å². The van der Waals surface area contributed by atoms with Crippen molar-refractivity contribution in [3.8, 4) is 11.3 Å². The van der Waals surface area contributed by atoms with E-state index in [1.807, 2.05) is 13.0 Å². The zero-order chi connectivity index (χ0) is 26.9. The molecule has 0 bridgehead atoms. The predicted molar refractivity (Wildman–Crippen MR) is 146 cm³/mol. The summed E-state index contributed by atoms with van der Waals surface area (Å²) in [7, 11) is 0.549. The fourth-order valence-electron chi connectivity index (χ4n) is 4.96. The summed E-state index contributed by atoms with van der Waals surface area (Å²) < 4.78 is 40.3. The van der Waals surface area contributed by atoms with Crippen LogP contribution >= 0.6 is 0 Å². The van der Waals surface area contributed by atoms with Crippen molar-refractivity contribution in [3.05, 3.63) is 71.9 Å². The fraction of sp³-hybridized carbons (Fsp3) is 0.357. The average Bonchev–Trinajstić information content (AvgIpc) is 2.91. The molecule has 0 spiro atoms. The third-order valence-electron chi connectivity index (χ3n) is 7.19. The molecular formula is C28H31FN6O2S. The zero-order valence-electron chi connectivity index (χ0n) is 21.7. The predicted octanol–water partition coefficient (Wildman–Crippen LogP) is 4.79. The Kier molecular flexibility index (Phi) is 7.36. The van der Waals surface area contributed by atoms with E-state index in [-0.39, 0.29) is 10.5 Å². The number of pyridine rings is 2. The van der Waals surface area contributed by atoms with Crippen LogP contribution in [0.2, 0.25) is 0 Å². The van der Waals surface area contributed by atoms with Gasteiger partial charge in [-0.2, -0.15) is 0 Å². The number of hydrogen-bond donors (Lipinski definition) is 1. The molecule has 8 nitrogen and oxygen atoms in total. The number of hydrogen-bond acceptors (Lipinski definition) is 8. The molecule has 1 aliphatic rings. The molecule has 0 aliphatic heterocycles. The SMILES string of the molecule is Cc1cc(-c2ccc(CS(=O)(=O)c3cccnc3)c(F)c2)nc2cnc(NC3CCC(N(C)C)CC3)nc12. The smallest absolute Gasteiger partial charge is 0.223 e. The molecule has 4 aromatic rings. The molecule has 3 aromatic heterocycles. The van der Waals surface area contributed by atoms with Crippen molar-refractivity contribution in [3.63, 3.8) is 0 Å². The Labute approximate surface area is 222 Å². The van der Waals surface area contributed by atoms with E-state index in [0.717, 1.165) is 36.8 Å². The lowest BCUT2D eigenvalue weighted by Crippen LogP contribution is -2.36. The Morgan fingerprint density at radius 2 is 1.84 bits per heavy atom. The second-order valence-electron chi connectivity index (χ2n) is 10.1. The lowest BCUT2D eigenvalue weighted by molar-refractivity contribution is 0.221. The molecule has 1 fully saturated rings. The third-order valence-corrected chi connectivity index (χ3v) is 8.84. The van der Waals surface area contributed by atoms with E-state index in [0.29, 0.717) is 34.8 Å². The van der Waals surface area contributed by atoms with Gasteiger partial charge in [0.05, 0.1) is 28.1 Å². The molecule has 198 valence electrons. The number of halogens is 1. The van der Waals surface area contributed by atoms with Crippen LogP contribution in [-0.4, -0.2) is 59.4 Å². The second kappa shape index (κ2) is 10.7. The Balaban J connectivity index is 1.34. The Bertz CT molecular complexity index is 1550. The van der Waals surface area contributed by atoms with Crippen molar-refractivity contribution in [1.29, 1.82) is 0 Å². The summed E-state index contributed by atoms with van der Waals surface area (Å²) in [5.74, 6) is -0.460. The Morgan fingerprint density at radius 3 is 2.53 bits per heavy atom. The van der Waals surface area contributed by atoms with Gasteiger partial charge in [0.25, 0.3) is 0 Å². The highest BCUT2D eigenvalue weighted by atomic mass is 32.2. The first kappa shape index (κ1) is 26.1. The molecule has 0 amide bonds.